The zero-order valence-electron chi connectivity index (χ0n) is 13.8. The van der Waals surface area contributed by atoms with Crippen molar-refractivity contribution in [3.8, 4) is 0 Å². The molecular weight excluding hydrogens is 293 g/mol. The summed E-state index contributed by atoms with van der Waals surface area (Å²) in [6.07, 6.45) is 2.36. The average Bonchev–Trinajstić information content (AvgIpc) is 3.33. The van der Waals surface area contributed by atoms with E-state index in [1.807, 2.05) is 30.7 Å². The number of rotatable bonds is 7. The van der Waals surface area contributed by atoms with E-state index in [9.17, 15) is 4.39 Å². The topological polar surface area (TPSA) is 41.3 Å². The van der Waals surface area contributed by atoms with E-state index in [0.29, 0.717) is 19.1 Å². The van der Waals surface area contributed by atoms with E-state index >= 15 is 0 Å². The number of aliphatic hydroxyl groups excluding tert-OH is 1. The van der Waals surface area contributed by atoms with Crippen molar-refractivity contribution >= 4 is 0 Å². The van der Waals surface area contributed by atoms with Gasteiger partial charge >= 0.3 is 0 Å². The van der Waals surface area contributed by atoms with Crippen LogP contribution in [0.25, 0.3) is 0 Å². The lowest BCUT2D eigenvalue weighted by Gasteiger charge is -2.22. The fraction of sp³-hybridized carbons (Fsp3) is 0.500. The first-order valence-electron chi connectivity index (χ1n) is 8.21. The SMILES string of the molecule is Cc1nn(CCO)c(C)c1CN(Cc1ccccc1F)C1CC1. The highest BCUT2D eigenvalue weighted by atomic mass is 19.1. The van der Waals surface area contributed by atoms with E-state index < -0.39 is 0 Å². The highest BCUT2D eigenvalue weighted by Gasteiger charge is 2.30. The maximum absolute atomic E-state index is 14.0. The quantitative estimate of drug-likeness (QED) is 0.854. The summed E-state index contributed by atoms with van der Waals surface area (Å²) in [6, 6.07) is 7.54. The van der Waals surface area contributed by atoms with Crippen LogP contribution in [0.4, 0.5) is 4.39 Å². The van der Waals surface area contributed by atoms with Gasteiger partial charge in [-0.15, -0.1) is 0 Å². The Morgan fingerprint density at radius 1 is 1.26 bits per heavy atom. The van der Waals surface area contributed by atoms with E-state index in [-0.39, 0.29) is 12.4 Å². The largest absolute Gasteiger partial charge is 0.394 e. The summed E-state index contributed by atoms with van der Waals surface area (Å²) in [4.78, 5) is 2.35. The smallest absolute Gasteiger partial charge is 0.127 e. The second-order valence-electron chi connectivity index (χ2n) is 6.32. The average molecular weight is 317 g/mol. The third-order valence-electron chi connectivity index (χ3n) is 4.60. The summed E-state index contributed by atoms with van der Waals surface area (Å²) in [5, 5.41) is 13.7. The Labute approximate surface area is 136 Å². The molecule has 0 atom stereocenters. The van der Waals surface area contributed by atoms with Crippen LogP contribution in [0.15, 0.2) is 24.3 Å². The number of hydrogen-bond acceptors (Lipinski definition) is 3. The Morgan fingerprint density at radius 3 is 2.65 bits per heavy atom. The minimum absolute atomic E-state index is 0.0863. The normalized spacial score (nSPS) is 14.7. The van der Waals surface area contributed by atoms with E-state index in [2.05, 4.69) is 10.00 Å². The summed E-state index contributed by atoms with van der Waals surface area (Å²) in [5.74, 6) is -0.137. The lowest BCUT2D eigenvalue weighted by molar-refractivity contribution is 0.241. The third-order valence-corrected chi connectivity index (χ3v) is 4.60. The number of aliphatic hydroxyl groups is 1. The maximum Gasteiger partial charge on any atom is 0.127 e. The van der Waals surface area contributed by atoms with E-state index in [4.69, 9.17) is 5.11 Å². The monoisotopic (exact) mass is 317 g/mol. The molecule has 3 rings (SSSR count). The standard InChI is InChI=1S/C18H24FN3O/c1-13-17(14(2)22(20-13)9-10-23)12-21(16-7-8-16)11-15-5-3-4-6-18(15)19/h3-6,16,23H,7-12H2,1-2H3. The van der Waals surface area contributed by atoms with Gasteiger partial charge in [-0.1, -0.05) is 18.2 Å². The van der Waals surface area contributed by atoms with Crippen molar-refractivity contribution in [2.75, 3.05) is 6.61 Å². The van der Waals surface area contributed by atoms with Gasteiger partial charge in [0, 0.05) is 36.0 Å². The van der Waals surface area contributed by atoms with Gasteiger partial charge in [-0.3, -0.25) is 9.58 Å². The molecule has 4 nitrogen and oxygen atoms in total. The van der Waals surface area contributed by atoms with Crippen LogP contribution in [0.3, 0.4) is 0 Å². The summed E-state index contributed by atoms with van der Waals surface area (Å²) in [5.41, 5.74) is 4.03. The Morgan fingerprint density at radius 2 is 2.00 bits per heavy atom. The number of benzene rings is 1. The lowest BCUT2D eigenvalue weighted by atomic mass is 10.1. The molecule has 0 spiro atoms. The van der Waals surface area contributed by atoms with Crippen LogP contribution in [0, 0.1) is 19.7 Å². The molecule has 1 heterocycles. The zero-order chi connectivity index (χ0) is 16.4. The van der Waals surface area contributed by atoms with Crippen molar-refractivity contribution < 1.29 is 9.50 Å². The van der Waals surface area contributed by atoms with Gasteiger partial charge in [0.1, 0.15) is 5.82 Å². The molecule has 0 saturated heterocycles. The Bertz CT molecular complexity index is 679. The zero-order valence-corrected chi connectivity index (χ0v) is 13.8. The van der Waals surface area contributed by atoms with Crippen LogP contribution < -0.4 is 0 Å². The molecule has 1 aromatic carbocycles. The fourth-order valence-electron chi connectivity index (χ4n) is 3.08. The minimum Gasteiger partial charge on any atom is -0.394 e. The molecule has 1 saturated carbocycles. The van der Waals surface area contributed by atoms with Crippen molar-refractivity contribution in [3.05, 3.63) is 52.6 Å². The summed E-state index contributed by atoms with van der Waals surface area (Å²) in [6.45, 7) is 6.05. The van der Waals surface area contributed by atoms with Gasteiger partial charge in [-0.25, -0.2) is 4.39 Å². The second kappa shape index (κ2) is 6.81. The molecule has 1 aliphatic carbocycles. The molecule has 1 fully saturated rings. The molecule has 0 unspecified atom stereocenters. The number of hydrogen-bond donors (Lipinski definition) is 1. The highest BCUT2D eigenvalue weighted by Crippen LogP contribution is 2.31. The molecule has 1 aromatic heterocycles. The fourth-order valence-corrected chi connectivity index (χ4v) is 3.08. The first-order valence-corrected chi connectivity index (χ1v) is 8.21. The molecule has 0 bridgehead atoms. The molecule has 23 heavy (non-hydrogen) atoms. The van der Waals surface area contributed by atoms with E-state index in [1.165, 1.54) is 24.5 Å². The van der Waals surface area contributed by atoms with Crippen molar-refractivity contribution in [3.63, 3.8) is 0 Å². The molecule has 124 valence electrons. The van der Waals surface area contributed by atoms with Crippen molar-refractivity contribution in [2.24, 2.45) is 0 Å². The maximum atomic E-state index is 14.0. The summed E-state index contributed by atoms with van der Waals surface area (Å²) in [7, 11) is 0. The van der Waals surface area contributed by atoms with Crippen LogP contribution in [0.5, 0.6) is 0 Å². The van der Waals surface area contributed by atoms with E-state index in [0.717, 1.165) is 23.5 Å². The van der Waals surface area contributed by atoms with Crippen LogP contribution >= 0.6 is 0 Å². The molecule has 0 amide bonds. The van der Waals surface area contributed by atoms with Gasteiger partial charge in [-0.2, -0.15) is 5.10 Å². The van der Waals surface area contributed by atoms with Gasteiger partial charge in [-0.05, 0) is 32.8 Å². The van der Waals surface area contributed by atoms with E-state index in [1.54, 1.807) is 6.07 Å². The van der Waals surface area contributed by atoms with Gasteiger partial charge in [0.2, 0.25) is 0 Å². The minimum atomic E-state index is -0.137. The van der Waals surface area contributed by atoms with Crippen LogP contribution in [0.1, 0.15) is 35.4 Å². The van der Waals surface area contributed by atoms with Gasteiger partial charge in [0.25, 0.3) is 0 Å². The molecule has 1 N–H and O–H groups in total. The van der Waals surface area contributed by atoms with Crippen molar-refractivity contribution in [1.82, 2.24) is 14.7 Å². The Kier molecular flexibility index (Phi) is 4.78. The lowest BCUT2D eigenvalue weighted by Crippen LogP contribution is -2.26. The predicted molar refractivity (Wildman–Crippen MR) is 87.5 cm³/mol. The van der Waals surface area contributed by atoms with Crippen LogP contribution in [0.2, 0.25) is 0 Å². The predicted octanol–water partition coefficient (Wildman–Crippen LogP) is 2.80. The first-order chi connectivity index (χ1) is 11.1. The first kappa shape index (κ1) is 16.1. The van der Waals surface area contributed by atoms with Gasteiger partial charge < -0.3 is 5.11 Å². The molecule has 0 aliphatic heterocycles. The number of halogens is 1. The van der Waals surface area contributed by atoms with Gasteiger partial charge in [0.05, 0.1) is 18.8 Å². The van der Waals surface area contributed by atoms with Crippen LogP contribution in [-0.2, 0) is 19.6 Å². The highest BCUT2D eigenvalue weighted by molar-refractivity contribution is 5.25. The molecule has 1 aliphatic rings. The molecule has 2 aromatic rings. The molecule has 0 radical (unpaired) electrons. The Balaban J connectivity index is 1.80. The molecular formula is C18H24FN3O. The van der Waals surface area contributed by atoms with Crippen molar-refractivity contribution in [1.29, 1.82) is 0 Å². The number of aromatic nitrogens is 2. The van der Waals surface area contributed by atoms with Crippen molar-refractivity contribution in [2.45, 2.75) is 52.4 Å². The number of nitrogens with zero attached hydrogens (tertiary/aromatic N) is 3. The number of aryl methyl sites for hydroxylation is 1. The second-order valence-corrected chi connectivity index (χ2v) is 6.32. The summed E-state index contributed by atoms with van der Waals surface area (Å²) >= 11 is 0. The Hall–Kier alpha value is -1.72. The summed E-state index contributed by atoms with van der Waals surface area (Å²) < 4.78 is 15.8. The third kappa shape index (κ3) is 3.62. The van der Waals surface area contributed by atoms with Gasteiger partial charge in [0.15, 0.2) is 0 Å². The van der Waals surface area contributed by atoms with Crippen LogP contribution in [-0.4, -0.2) is 32.4 Å². The molecule has 5 heteroatoms.